The number of alkyl halides is 3. The number of amides is 3. The van der Waals surface area contributed by atoms with Gasteiger partial charge >= 0.3 is 18.1 Å². The summed E-state index contributed by atoms with van der Waals surface area (Å²) in [7, 11) is 0. The maximum absolute atomic E-state index is 13.2. The van der Waals surface area contributed by atoms with Gasteiger partial charge in [0, 0.05) is 5.56 Å². The van der Waals surface area contributed by atoms with Crippen molar-refractivity contribution in [3.63, 3.8) is 0 Å². The Morgan fingerprint density at radius 3 is 2.56 bits per heavy atom. The number of hydrogen-bond donors (Lipinski definition) is 0. The second-order valence-electron chi connectivity index (χ2n) is 7.57. The van der Waals surface area contributed by atoms with Crippen molar-refractivity contribution in [2.75, 3.05) is 0 Å². The number of hydrogen-bond acceptors (Lipinski definition) is 5. The number of urea groups is 1. The molecule has 0 radical (unpaired) electrons. The van der Waals surface area contributed by atoms with Crippen LogP contribution >= 0.6 is 0 Å². The molecule has 3 amide bonds. The Bertz CT molecular complexity index is 1150. The predicted molar refractivity (Wildman–Crippen MR) is 107 cm³/mol. The van der Waals surface area contributed by atoms with E-state index < -0.39 is 23.7 Å². The molecule has 4 rings (SSSR count). The van der Waals surface area contributed by atoms with Crippen LogP contribution in [-0.2, 0) is 17.5 Å². The molecule has 1 aliphatic carbocycles. The summed E-state index contributed by atoms with van der Waals surface area (Å²) in [6.07, 6.45) is 3.08. The number of benzene rings is 1. The first-order valence-electron chi connectivity index (χ1n) is 10.1. The third-order valence-electron chi connectivity index (χ3n) is 5.52. The Morgan fingerprint density at radius 1 is 1.19 bits per heavy atom. The van der Waals surface area contributed by atoms with Crippen molar-refractivity contribution in [1.29, 1.82) is 0 Å². The van der Waals surface area contributed by atoms with Crippen molar-refractivity contribution in [3.05, 3.63) is 60.0 Å². The van der Waals surface area contributed by atoms with Gasteiger partial charge in [0.1, 0.15) is 17.7 Å². The number of aromatic nitrogens is 2. The number of imide groups is 1. The van der Waals surface area contributed by atoms with Crippen molar-refractivity contribution >= 4 is 17.6 Å². The fraction of sp³-hybridized carbons (Fsp3) is 0.318. The number of nitrogens with zero attached hydrogens (tertiary/aromatic N) is 4. The molecule has 2 atom stereocenters. The van der Waals surface area contributed by atoms with E-state index >= 15 is 0 Å². The van der Waals surface area contributed by atoms with Gasteiger partial charge in [-0.15, -0.1) is 0 Å². The molecule has 0 fully saturated rings. The molecule has 2 aliphatic rings. The zero-order valence-corrected chi connectivity index (χ0v) is 17.3. The molecule has 32 heavy (non-hydrogen) atoms. The fourth-order valence-electron chi connectivity index (χ4n) is 3.61. The minimum Gasteiger partial charge on any atom is -0.335 e. The predicted octanol–water partition coefficient (Wildman–Crippen LogP) is 4.21. The van der Waals surface area contributed by atoms with E-state index in [1.807, 2.05) is 6.92 Å². The Hall–Kier alpha value is -3.56. The van der Waals surface area contributed by atoms with E-state index in [-0.39, 0.29) is 30.2 Å². The third-order valence-corrected chi connectivity index (χ3v) is 5.52. The topological polar surface area (TPSA) is 79.3 Å². The Kier molecular flexibility index (Phi) is 5.53. The van der Waals surface area contributed by atoms with Crippen molar-refractivity contribution in [1.82, 2.24) is 15.0 Å². The highest BCUT2D eigenvalue weighted by Gasteiger charge is 2.49. The van der Waals surface area contributed by atoms with Crippen LogP contribution in [0.15, 0.2) is 53.1 Å². The van der Waals surface area contributed by atoms with Gasteiger partial charge in [-0.1, -0.05) is 42.4 Å². The van der Waals surface area contributed by atoms with Crippen LogP contribution in [0.2, 0.25) is 0 Å². The zero-order valence-electron chi connectivity index (χ0n) is 17.3. The molecule has 0 bridgehead atoms. The van der Waals surface area contributed by atoms with E-state index in [0.29, 0.717) is 17.7 Å². The van der Waals surface area contributed by atoms with E-state index in [2.05, 4.69) is 10.1 Å². The quantitative estimate of drug-likeness (QED) is 0.644. The fourth-order valence-corrected chi connectivity index (χ4v) is 3.61. The molecule has 7 nitrogen and oxygen atoms in total. The van der Waals surface area contributed by atoms with Crippen LogP contribution in [0.3, 0.4) is 0 Å². The molecule has 0 saturated carbocycles. The van der Waals surface area contributed by atoms with Crippen LogP contribution in [0.1, 0.15) is 31.7 Å². The van der Waals surface area contributed by atoms with Gasteiger partial charge in [0.25, 0.3) is 5.89 Å². The molecule has 1 aromatic carbocycles. The van der Waals surface area contributed by atoms with Gasteiger partial charge in [-0.05, 0) is 31.6 Å². The lowest BCUT2D eigenvalue weighted by molar-refractivity contribution is -0.461. The molecule has 10 heteroatoms. The summed E-state index contributed by atoms with van der Waals surface area (Å²) in [5.41, 5.74) is 0.0787. The molecule has 1 aromatic heterocycles. The first-order chi connectivity index (χ1) is 15.2. The lowest BCUT2D eigenvalue weighted by atomic mass is 9.93. The summed E-state index contributed by atoms with van der Waals surface area (Å²) in [6.45, 7) is 3.62. The van der Waals surface area contributed by atoms with Crippen molar-refractivity contribution in [3.8, 4) is 11.4 Å². The van der Waals surface area contributed by atoms with Crippen LogP contribution < -0.4 is 0 Å². The molecule has 2 unspecified atom stereocenters. The molecular formula is C22H20F3N4O3+. The minimum atomic E-state index is -4.44. The van der Waals surface area contributed by atoms with Gasteiger partial charge in [-0.25, -0.2) is 4.79 Å². The van der Waals surface area contributed by atoms with Crippen molar-refractivity contribution in [2.24, 2.45) is 5.92 Å². The summed E-state index contributed by atoms with van der Waals surface area (Å²) in [4.78, 5) is 31.5. The van der Waals surface area contributed by atoms with Gasteiger partial charge in [0.2, 0.25) is 5.82 Å². The van der Waals surface area contributed by atoms with Gasteiger partial charge in [-0.2, -0.15) is 32.4 Å². The molecule has 1 aliphatic heterocycles. The van der Waals surface area contributed by atoms with E-state index in [1.165, 1.54) is 21.6 Å². The SMILES string of the molecule is CCC(C)N1C(=O)C2C=CC=CC2=[N+](Cc2nc(-c3ccc(C(F)(F)F)cc3)no2)C1=O. The van der Waals surface area contributed by atoms with Crippen molar-refractivity contribution in [2.45, 2.75) is 39.0 Å². The number of allylic oxidation sites excluding steroid dienone is 3. The Morgan fingerprint density at radius 2 is 1.91 bits per heavy atom. The van der Waals surface area contributed by atoms with Crippen LogP contribution in [0.25, 0.3) is 11.4 Å². The molecule has 2 heterocycles. The van der Waals surface area contributed by atoms with Crippen LogP contribution in [0, 0.1) is 5.92 Å². The molecule has 0 spiro atoms. The van der Waals surface area contributed by atoms with Gasteiger partial charge < -0.3 is 4.52 Å². The Balaban J connectivity index is 1.64. The van der Waals surface area contributed by atoms with E-state index in [4.69, 9.17) is 4.52 Å². The summed E-state index contributed by atoms with van der Waals surface area (Å²) in [6, 6.07) is 3.62. The highest BCUT2D eigenvalue weighted by atomic mass is 19.4. The smallest absolute Gasteiger partial charge is 0.335 e. The van der Waals surface area contributed by atoms with Gasteiger partial charge in [0.15, 0.2) is 6.54 Å². The maximum atomic E-state index is 13.2. The molecule has 2 aromatic rings. The first kappa shape index (κ1) is 21.7. The normalized spacial score (nSPS) is 19.5. The number of rotatable bonds is 5. The van der Waals surface area contributed by atoms with Crippen LogP contribution in [0.4, 0.5) is 18.0 Å². The number of halogens is 3. The van der Waals surface area contributed by atoms with Gasteiger partial charge in [0.05, 0.1) is 5.56 Å². The average Bonchev–Trinajstić information content (AvgIpc) is 3.25. The van der Waals surface area contributed by atoms with Crippen LogP contribution in [0.5, 0.6) is 0 Å². The molecule has 166 valence electrons. The highest BCUT2D eigenvalue weighted by molar-refractivity contribution is 6.16. The minimum absolute atomic E-state index is 0.0727. The number of carbonyl (C=O) groups is 2. The summed E-state index contributed by atoms with van der Waals surface area (Å²) < 4.78 is 45.0. The summed E-state index contributed by atoms with van der Waals surface area (Å²) in [5, 5.41) is 3.83. The second-order valence-corrected chi connectivity index (χ2v) is 7.57. The zero-order chi connectivity index (χ0) is 23.0. The lowest BCUT2D eigenvalue weighted by Crippen LogP contribution is -2.56. The van der Waals surface area contributed by atoms with E-state index in [0.717, 1.165) is 12.1 Å². The van der Waals surface area contributed by atoms with E-state index in [9.17, 15) is 22.8 Å². The molecule has 0 N–H and O–H groups in total. The lowest BCUT2D eigenvalue weighted by Gasteiger charge is -2.29. The first-order valence-corrected chi connectivity index (χ1v) is 10.1. The van der Waals surface area contributed by atoms with Crippen LogP contribution in [-0.4, -0.2) is 43.3 Å². The Labute approximate surface area is 181 Å². The van der Waals surface area contributed by atoms with E-state index in [1.54, 1.807) is 31.2 Å². The summed E-state index contributed by atoms with van der Waals surface area (Å²) in [5.74, 6) is -0.675. The monoisotopic (exact) mass is 445 g/mol. The number of fused-ring (bicyclic) bond motifs is 1. The molecule has 0 saturated heterocycles. The average molecular weight is 445 g/mol. The summed E-state index contributed by atoms with van der Waals surface area (Å²) >= 11 is 0. The third kappa shape index (κ3) is 3.88. The highest BCUT2D eigenvalue weighted by Crippen LogP contribution is 2.30. The standard InChI is InChI=1S/C22H20F3N4O3/c1-3-13(2)29-20(30)16-6-4-5-7-17(16)28(21(29)31)12-18-26-19(27-32-18)14-8-10-15(11-9-14)22(23,24)25/h4-11,13,16H,3,12H2,1-2H3/q+1. The number of carbonyl (C=O) groups excluding carboxylic acids is 2. The molecular weight excluding hydrogens is 425 g/mol. The van der Waals surface area contributed by atoms with Crippen molar-refractivity contribution < 1.29 is 31.9 Å². The second kappa shape index (κ2) is 8.18. The largest absolute Gasteiger partial charge is 0.501 e. The van der Waals surface area contributed by atoms with Gasteiger partial charge in [-0.3, -0.25) is 0 Å². The maximum Gasteiger partial charge on any atom is 0.501 e.